The van der Waals surface area contributed by atoms with E-state index in [0.29, 0.717) is 13.0 Å². The van der Waals surface area contributed by atoms with Crippen LogP contribution >= 0.6 is 0 Å². The molecule has 0 heterocycles. The number of aliphatic carboxylic acids is 1. The number of nitrogens with zero attached hydrogens (tertiary/aromatic N) is 1. The maximum Gasteiger partial charge on any atom is 0.323 e. The fourth-order valence-corrected chi connectivity index (χ4v) is 1.67. The van der Waals surface area contributed by atoms with Crippen molar-refractivity contribution < 1.29 is 14.7 Å². The van der Waals surface area contributed by atoms with Crippen LogP contribution in [0, 0.1) is 5.92 Å². The lowest BCUT2D eigenvalue weighted by Gasteiger charge is -2.23. The molecule has 1 rings (SSSR count). The first-order valence-electron chi connectivity index (χ1n) is 6.09. The number of carboxylic acids is 1. The van der Waals surface area contributed by atoms with E-state index in [1.54, 1.807) is 0 Å². The Morgan fingerprint density at radius 1 is 1.28 bits per heavy atom. The topological polar surface area (TPSA) is 57.6 Å². The van der Waals surface area contributed by atoms with Gasteiger partial charge >= 0.3 is 5.97 Å². The summed E-state index contributed by atoms with van der Waals surface area (Å²) >= 11 is 0. The van der Waals surface area contributed by atoms with Gasteiger partial charge in [-0.1, -0.05) is 44.2 Å². The number of amides is 1. The molecule has 0 saturated heterocycles. The molecule has 18 heavy (non-hydrogen) atoms. The summed E-state index contributed by atoms with van der Waals surface area (Å²) in [5, 5.41) is 8.87. The predicted molar refractivity (Wildman–Crippen MR) is 68.9 cm³/mol. The van der Waals surface area contributed by atoms with Crippen molar-refractivity contribution in [2.24, 2.45) is 5.92 Å². The third-order valence-electron chi connectivity index (χ3n) is 2.89. The molecule has 0 saturated carbocycles. The van der Waals surface area contributed by atoms with E-state index in [0.717, 1.165) is 5.56 Å². The second-order valence-corrected chi connectivity index (χ2v) is 4.38. The van der Waals surface area contributed by atoms with Gasteiger partial charge in [0, 0.05) is 12.5 Å². The van der Waals surface area contributed by atoms with Crippen LogP contribution in [0.1, 0.15) is 25.8 Å². The van der Waals surface area contributed by atoms with Crippen molar-refractivity contribution in [1.82, 2.24) is 4.90 Å². The van der Waals surface area contributed by atoms with Crippen LogP contribution in [-0.2, 0) is 16.1 Å². The minimum atomic E-state index is -0.984. The number of rotatable bonds is 6. The van der Waals surface area contributed by atoms with E-state index in [9.17, 15) is 9.59 Å². The van der Waals surface area contributed by atoms with Crippen LogP contribution in [0.3, 0.4) is 0 Å². The van der Waals surface area contributed by atoms with E-state index in [1.165, 1.54) is 4.90 Å². The number of hydrogen-bond acceptors (Lipinski definition) is 2. The van der Waals surface area contributed by atoms with Crippen molar-refractivity contribution in [2.75, 3.05) is 6.54 Å². The predicted octanol–water partition coefficient (Wildman–Crippen LogP) is 2.15. The molecule has 0 aliphatic rings. The molecule has 1 aromatic carbocycles. The maximum absolute atomic E-state index is 12.1. The highest BCUT2D eigenvalue weighted by atomic mass is 16.4. The highest BCUT2D eigenvalue weighted by molar-refractivity contribution is 5.82. The summed E-state index contributed by atoms with van der Waals surface area (Å²) in [6.45, 7) is 3.83. The fraction of sp³-hybridized carbons (Fsp3) is 0.429. The zero-order valence-electron chi connectivity index (χ0n) is 10.8. The van der Waals surface area contributed by atoms with Crippen LogP contribution < -0.4 is 0 Å². The van der Waals surface area contributed by atoms with Gasteiger partial charge in [0.05, 0.1) is 0 Å². The summed E-state index contributed by atoms with van der Waals surface area (Å²) in [5.74, 6) is -1.24. The van der Waals surface area contributed by atoms with Crippen molar-refractivity contribution in [1.29, 1.82) is 0 Å². The molecule has 1 amide bonds. The maximum atomic E-state index is 12.1. The molecule has 1 atom stereocenters. The molecular weight excluding hydrogens is 230 g/mol. The lowest BCUT2D eigenvalue weighted by atomic mass is 10.1. The molecule has 0 fully saturated rings. The van der Waals surface area contributed by atoms with Gasteiger partial charge in [-0.15, -0.1) is 0 Å². The molecule has 0 bridgehead atoms. The molecular formula is C14H19NO3. The van der Waals surface area contributed by atoms with Gasteiger partial charge < -0.3 is 10.0 Å². The first kappa shape index (κ1) is 14.2. The number of hydrogen-bond donors (Lipinski definition) is 1. The summed E-state index contributed by atoms with van der Waals surface area (Å²) in [6.07, 6.45) is 0.712. The molecule has 0 aromatic heterocycles. The van der Waals surface area contributed by atoms with E-state index < -0.39 is 5.97 Å². The number of carbonyl (C=O) groups excluding carboxylic acids is 1. The summed E-state index contributed by atoms with van der Waals surface area (Å²) in [7, 11) is 0. The SMILES string of the molecule is CC[C@@H](C)C(=O)N(CC(=O)O)Cc1ccccc1. The molecule has 4 nitrogen and oxygen atoms in total. The average Bonchev–Trinajstić information content (AvgIpc) is 2.37. The zero-order chi connectivity index (χ0) is 13.5. The Morgan fingerprint density at radius 3 is 2.39 bits per heavy atom. The molecule has 0 spiro atoms. The molecule has 0 radical (unpaired) electrons. The molecule has 1 N–H and O–H groups in total. The van der Waals surface area contributed by atoms with Gasteiger partial charge in [0.25, 0.3) is 0 Å². The van der Waals surface area contributed by atoms with Gasteiger partial charge in [-0.25, -0.2) is 0 Å². The standard InChI is InChI=1S/C14H19NO3/c1-3-11(2)14(18)15(10-13(16)17)9-12-7-5-4-6-8-12/h4-8,11H,3,9-10H2,1-2H3,(H,16,17)/t11-/m1/s1. The molecule has 4 heteroatoms. The largest absolute Gasteiger partial charge is 0.480 e. The molecule has 98 valence electrons. The quantitative estimate of drug-likeness (QED) is 0.840. The van der Waals surface area contributed by atoms with Crippen molar-refractivity contribution in [3.63, 3.8) is 0 Å². The minimum absolute atomic E-state index is 0.108. The lowest BCUT2D eigenvalue weighted by molar-refractivity contribution is -0.146. The van der Waals surface area contributed by atoms with Crippen LogP contribution in [-0.4, -0.2) is 28.4 Å². The second-order valence-electron chi connectivity index (χ2n) is 4.38. The number of benzene rings is 1. The first-order valence-corrected chi connectivity index (χ1v) is 6.09. The summed E-state index contributed by atoms with van der Waals surface area (Å²) in [5.41, 5.74) is 0.940. The Hall–Kier alpha value is -1.84. The molecule has 0 aliphatic heterocycles. The smallest absolute Gasteiger partial charge is 0.323 e. The first-order chi connectivity index (χ1) is 8.54. The van der Waals surface area contributed by atoms with Gasteiger partial charge in [-0.3, -0.25) is 9.59 Å². The van der Waals surface area contributed by atoms with Gasteiger partial charge in [-0.2, -0.15) is 0 Å². The van der Waals surface area contributed by atoms with Crippen LogP contribution in [0.5, 0.6) is 0 Å². The fourth-order valence-electron chi connectivity index (χ4n) is 1.67. The summed E-state index contributed by atoms with van der Waals surface area (Å²) in [6, 6.07) is 9.42. The van der Waals surface area contributed by atoms with Crippen molar-refractivity contribution in [3.05, 3.63) is 35.9 Å². The third kappa shape index (κ3) is 4.20. The van der Waals surface area contributed by atoms with Crippen LogP contribution in [0.15, 0.2) is 30.3 Å². The van der Waals surface area contributed by atoms with Crippen LogP contribution in [0.2, 0.25) is 0 Å². The Labute approximate surface area is 107 Å². The highest BCUT2D eigenvalue weighted by Crippen LogP contribution is 2.11. The highest BCUT2D eigenvalue weighted by Gasteiger charge is 2.21. The normalized spacial score (nSPS) is 11.9. The molecule has 0 unspecified atom stereocenters. The van der Waals surface area contributed by atoms with Gasteiger partial charge in [0.2, 0.25) is 5.91 Å². The number of carboxylic acid groups (broad SMARTS) is 1. The summed E-state index contributed by atoms with van der Waals surface area (Å²) in [4.78, 5) is 24.3. The van der Waals surface area contributed by atoms with Crippen LogP contribution in [0.4, 0.5) is 0 Å². The molecule has 1 aromatic rings. The Balaban J connectivity index is 2.78. The lowest BCUT2D eigenvalue weighted by Crippen LogP contribution is -2.38. The van der Waals surface area contributed by atoms with Gasteiger partial charge in [0.15, 0.2) is 0 Å². The van der Waals surface area contributed by atoms with E-state index in [4.69, 9.17) is 5.11 Å². The van der Waals surface area contributed by atoms with Crippen molar-refractivity contribution in [2.45, 2.75) is 26.8 Å². The Bertz CT molecular complexity index is 403. The van der Waals surface area contributed by atoms with E-state index in [2.05, 4.69) is 0 Å². The minimum Gasteiger partial charge on any atom is -0.480 e. The van der Waals surface area contributed by atoms with Gasteiger partial charge in [0.1, 0.15) is 6.54 Å². The van der Waals surface area contributed by atoms with E-state index >= 15 is 0 Å². The van der Waals surface area contributed by atoms with Crippen LogP contribution in [0.25, 0.3) is 0 Å². The van der Waals surface area contributed by atoms with Crippen molar-refractivity contribution >= 4 is 11.9 Å². The van der Waals surface area contributed by atoms with E-state index in [-0.39, 0.29) is 18.4 Å². The van der Waals surface area contributed by atoms with Crippen molar-refractivity contribution in [3.8, 4) is 0 Å². The summed E-state index contributed by atoms with van der Waals surface area (Å²) < 4.78 is 0. The Morgan fingerprint density at radius 2 is 1.89 bits per heavy atom. The average molecular weight is 249 g/mol. The monoisotopic (exact) mass is 249 g/mol. The molecule has 0 aliphatic carbocycles. The zero-order valence-corrected chi connectivity index (χ0v) is 10.8. The Kier molecular flexibility index (Phi) is 5.36. The van der Waals surface area contributed by atoms with E-state index in [1.807, 2.05) is 44.2 Å². The second kappa shape index (κ2) is 6.79. The number of carbonyl (C=O) groups is 2. The van der Waals surface area contributed by atoms with Gasteiger partial charge in [-0.05, 0) is 12.0 Å². The third-order valence-corrected chi connectivity index (χ3v) is 2.89.